The van der Waals surface area contributed by atoms with Crippen LogP contribution in [0.2, 0.25) is 5.28 Å². The molecule has 2 aromatic heterocycles. The molecule has 0 saturated heterocycles. The lowest BCUT2D eigenvalue weighted by atomic mass is 10.1. The fourth-order valence-electron chi connectivity index (χ4n) is 2.31. The number of nitrogens with zero attached hydrogens (tertiary/aromatic N) is 2. The highest BCUT2D eigenvalue weighted by Gasteiger charge is 2.14. The molecule has 0 radical (unpaired) electrons. The van der Waals surface area contributed by atoms with Crippen LogP contribution in [-0.2, 0) is 0 Å². The summed E-state index contributed by atoms with van der Waals surface area (Å²) in [5.74, 6) is 0.778. The predicted molar refractivity (Wildman–Crippen MR) is 91.1 cm³/mol. The average Bonchev–Trinajstić information content (AvgIpc) is 2.69. The first kappa shape index (κ1) is 14.3. The van der Waals surface area contributed by atoms with E-state index in [0.717, 1.165) is 21.7 Å². The monoisotopic (exact) mass is 317 g/mol. The zero-order chi connectivity index (χ0) is 15.1. The Morgan fingerprint density at radius 2 is 1.86 bits per heavy atom. The van der Waals surface area contributed by atoms with Crippen molar-refractivity contribution in [1.29, 1.82) is 0 Å². The molecule has 0 aliphatic heterocycles. The van der Waals surface area contributed by atoms with Gasteiger partial charge in [-0.05, 0) is 62.1 Å². The van der Waals surface area contributed by atoms with Crippen molar-refractivity contribution in [3.8, 4) is 0 Å². The summed E-state index contributed by atoms with van der Waals surface area (Å²) >= 11 is 7.72. The maximum Gasteiger partial charge on any atom is 0.225 e. The van der Waals surface area contributed by atoms with Crippen LogP contribution in [0.3, 0.4) is 0 Å². The third-order valence-electron chi connectivity index (χ3n) is 3.65. The fourth-order valence-corrected chi connectivity index (χ4v) is 3.56. The Balaban J connectivity index is 2.18. The van der Waals surface area contributed by atoms with E-state index in [1.54, 1.807) is 11.3 Å². The number of aromatic nitrogens is 2. The third-order valence-corrected chi connectivity index (χ3v) is 4.92. The molecule has 108 valence electrons. The number of hydrogen-bond donors (Lipinski definition) is 1. The molecule has 3 rings (SSSR count). The highest BCUT2D eigenvalue weighted by Crippen LogP contribution is 2.35. The van der Waals surface area contributed by atoms with Gasteiger partial charge in [0.2, 0.25) is 5.28 Å². The smallest absolute Gasteiger partial charge is 0.225 e. The van der Waals surface area contributed by atoms with Gasteiger partial charge in [0.25, 0.3) is 0 Å². The number of rotatable bonds is 2. The molecule has 1 N–H and O–H groups in total. The van der Waals surface area contributed by atoms with E-state index in [1.807, 2.05) is 0 Å². The van der Waals surface area contributed by atoms with Gasteiger partial charge in [0, 0.05) is 10.6 Å². The van der Waals surface area contributed by atoms with Crippen molar-refractivity contribution < 1.29 is 0 Å². The van der Waals surface area contributed by atoms with Crippen LogP contribution in [0.15, 0.2) is 18.2 Å². The molecule has 0 fully saturated rings. The van der Waals surface area contributed by atoms with Crippen molar-refractivity contribution in [3.05, 3.63) is 45.1 Å². The highest BCUT2D eigenvalue weighted by atomic mass is 35.5. The van der Waals surface area contributed by atoms with E-state index in [1.165, 1.54) is 21.6 Å². The molecule has 0 aliphatic rings. The van der Waals surface area contributed by atoms with E-state index in [9.17, 15) is 0 Å². The van der Waals surface area contributed by atoms with Gasteiger partial charge in [-0.25, -0.2) is 4.98 Å². The van der Waals surface area contributed by atoms with Gasteiger partial charge < -0.3 is 5.32 Å². The Hall–Kier alpha value is -1.65. The molecule has 1 aromatic carbocycles. The van der Waals surface area contributed by atoms with E-state index in [-0.39, 0.29) is 5.28 Å². The fraction of sp³-hybridized carbons (Fsp3) is 0.250. The maximum atomic E-state index is 6.07. The summed E-state index contributed by atoms with van der Waals surface area (Å²) < 4.78 is 0. The molecule has 2 heterocycles. The quantitative estimate of drug-likeness (QED) is 0.650. The average molecular weight is 318 g/mol. The number of nitrogens with one attached hydrogen (secondary N) is 1. The minimum absolute atomic E-state index is 0.275. The third kappa shape index (κ3) is 2.61. The van der Waals surface area contributed by atoms with Gasteiger partial charge in [-0.1, -0.05) is 12.1 Å². The number of anilines is 2. The molecule has 21 heavy (non-hydrogen) atoms. The van der Waals surface area contributed by atoms with Crippen LogP contribution in [0.25, 0.3) is 10.2 Å². The Morgan fingerprint density at radius 3 is 2.62 bits per heavy atom. The zero-order valence-electron chi connectivity index (χ0n) is 12.4. The zero-order valence-corrected chi connectivity index (χ0v) is 14.0. The Morgan fingerprint density at radius 1 is 1.10 bits per heavy atom. The molecule has 3 nitrogen and oxygen atoms in total. The lowest BCUT2D eigenvalue weighted by Gasteiger charge is -2.11. The van der Waals surface area contributed by atoms with Gasteiger partial charge in [0.05, 0.1) is 5.39 Å². The number of fused-ring (bicyclic) bond motifs is 1. The van der Waals surface area contributed by atoms with E-state index in [4.69, 9.17) is 11.6 Å². The predicted octanol–water partition coefficient (Wildman–Crippen LogP) is 5.32. The molecule has 0 aliphatic carbocycles. The van der Waals surface area contributed by atoms with Gasteiger partial charge in [0.1, 0.15) is 10.6 Å². The second kappa shape index (κ2) is 5.28. The Bertz CT molecular complexity index is 839. The van der Waals surface area contributed by atoms with E-state index in [0.29, 0.717) is 0 Å². The van der Waals surface area contributed by atoms with Crippen molar-refractivity contribution in [1.82, 2.24) is 9.97 Å². The standard InChI is InChI=1S/C16H16ClN3S/c1-8-5-6-9(2)12(7-8)18-14-13-10(3)11(4)21-15(13)20-16(17)19-14/h5-7H,1-4H3,(H,18,19,20). The van der Waals surface area contributed by atoms with Crippen molar-refractivity contribution >= 4 is 44.7 Å². The number of halogens is 1. The first-order chi connectivity index (χ1) is 9.95. The summed E-state index contributed by atoms with van der Waals surface area (Å²) in [7, 11) is 0. The summed E-state index contributed by atoms with van der Waals surface area (Å²) in [6.45, 7) is 8.34. The van der Waals surface area contributed by atoms with Crippen molar-refractivity contribution in [2.75, 3.05) is 5.32 Å². The molecule has 5 heteroatoms. The summed E-state index contributed by atoms with van der Waals surface area (Å²) in [6.07, 6.45) is 0. The molecule has 3 aromatic rings. The number of benzene rings is 1. The molecule has 0 bridgehead atoms. The van der Waals surface area contributed by atoms with Gasteiger partial charge in [-0.3, -0.25) is 0 Å². The van der Waals surface area contributed by atoms with E-state index in [2.05, 4.69) is 61.2 Å². The second-order valence-corrected chi connectivity index (χ2v) is 6.79. The molecule has 0 amide bonds. The first-order valence-electron chi connectivity index (χ1n) is 6.73. The van der Waals surface area contributed by atoms with Crippen LogP contribution in [-0.4, -0.2) is 9.97 Å². The molecular formula is C16H16ClN3S. The lowest BCUT2D eigenvalue weighted by Crippen LogP contribution is -1.99. The van der Waals surface area contributed by atoms with Crippen LogP contribution in [0.5, 0.6) is 0 Å². The summed E-state index contributed by atoms with van der Waals surface area (Å²) in [6, 6.07) is 6.32. The summed E-state index contributed by atoms with van der Waals surface area (Å²) in [4.78, 5) is 10.9. The van der Waals surface area contributed by atoms with Crippen LogP contribution < -0.4 is 5.32 Å². The second-order valence-electron chi connectivity index (χ2n) is 5.25. The normalized spacial score (nSPS) is 11.1. The first-order valence-corrected chi connectivity index (χ1v) is 7.92. The SMILES string of the molecule is Cc1ccc(C)c(Nc2nc(Cl)nc3sc(C)c(C)c23)c1. The number of thiophene rings is 1. The Kier molecular flexibility index (Phi) is 3.59. The molecular weight excluding hydrogens is 302 g/mol. The van der Waals surface area contributed by atoms with E-state index >= 15 is 0 Å². The lowest BCUT2D eigenvalue weighted by molar-refractivity contribution is 1.22. The molecule has 0 atom stereocenters. The Labute approximate surface area is 133 Å². The van der Waals surface area contributed by atoms with E-state index < -0.39 is 0 Å². The van der Waals surface area contributed by atoms with Crippen molar-refractivity contribution in [3.63, 3.8) is 0 Å². The minimum Gasteiger partial charge on any atom is -0.339 e. The van der Waals surface area contributed by atoms with Crippen molar-refractivity contribution in [2.45, 2.75) is 27.7 Å². The van der Waals surface area contributed by atoms with Gasteiger partial charge in [0.15, 0.2) is 0 Å². The number of hydrogen-bond acceptors (Lipinski definition) is 4. The summed E-state index contributed by atoms with van der Waals surface area (Å²) in [5.41, 5.74) is 4.64. The van der Waals surface area contributed by atoms with Crippen LogP contribution in [0, 0.1) is 27.7 Å². The van der Waals surface area contributed by atoms with Gasteiger partial charge in [-0.2, -0.15) is 4.98 Å². The van der Waals surface area contributed by atoms with Crippen LogP contribution >= 0.6 is 22.9 Å². The van der Waals surface area contributed by atoms with Gasteiger partial charge >= 0.3 is 0 Å². The largest absolute Gasteiger partial charge is 0.339 e. The molecule has 0 saturated carbocycles. The van der Waals surface area contributed by atoms with Crippen molar-refractivity contribution in [2.24, 2.45) is 0 Å². The minimum atomic E-state index is 0.275. The molecule has 0 spiro atoms. The van der Waals surface area contributed by atoms with Crippen LogP contribution in [0.1, 0.15) is 21.6 Å². The van der Waals surface area contributed by atoms with Gasteiger partial charge in [-0.15, -0.1) is 11.3 Å². The summed E-state index contributed by atoms with van der Waals surface area (Å²) in [5, 5.41) is 4.75. The topological polar surface area (TPSA) is 37.8 Å². The highest BCUT2D eigenvalue weighted by molar-refractivity contribution is 7.18. The van der Waals surface area contributed by atoms with Crippen LogP contribution in [0.4, 0.5) is 11.5 Å². The molecule has 0 unspecified atom stereocenters. The maximum absolute atomic E-state index is 6.07. The number of aryl methyl sites for hydroxylation is 4.